The topological polar surface area (TPSA) is 106 Å². The summed E-state index contributed by atoms with van der Waals surface area (Å²) >= 11 is 0. The van der Waals surface area contributed by atoms with Gasteiger partial charge in [0, 0.05) is 29.9 Å². The molecule has 0 saturated carbocycles. The van der Waals surface area contributed by atoms with Crippen LogP contribution >= 0.6 is 0 Å². The fraction of sp³-hybridized carbons (Fsp3) is 0.364. The number of nitrogens with one attached hydrogen (secondary N) is 1. The summed E-state index contributed by atoms with van der Waals surface area (Å²) in [4.78, 5) is 27.4. The number of anilines is 4. The average Bonchev–Trinajstić information content (AvgIpc) is 2.75. The summed E-state index contributed by atoms with van der Waals surface area (Å²) < 4.78 is 5.15. The van der Waals surface area contributed by atoms with E-state index in [0.29, 0.717) is 37.0 Å². The van der Waals surface area contributed by atoms with Gasteiger partial charge >= 0.3 is 5.97 Å². The van der Waals surface area contributed by atoms with Crippen molar-refractivity contribution in [3.8, 4) is 0 Å². The molecule has 3 aromatic rings. The molecule has 1 aromatic carbocycles. The van der Waals surface area contributed by atoms with Gasteiger partial charge in [-0.3, -0.25) is 9.78 Å². The Balaban J connectivity index is 1.54. The van der Waals surface area contributed by atoms with Crippen LogP contribution in [0.4, 0.5) is 23.0 Å². The number of fused-ring (bicyclic) bond motifs is 1. The Labute approximate surface area is 175 Å². The zero-order chi connectivity index (χ0) is 21.1. The Hall–Kier alpha value is -3.42. The molecule has 4 rings (SSSR count). The highest BCUT2D eigenvalue weighted by Gasteiger charge is 2.28. The van der Waals surface area contributed by atoms with Gasteiger partial charge < -0.3 is 20.7 Å². The Kier molecular flexibility index (Phi) is 5.65. The lowest BCUT2D eigenvalue weighted by Gasteiger charge is -2.32. The van der Waals surface area contributed by atoms with E-state index in [1.807, 2.05) is 44.2 Å². The summed E-state index contributed by atoms with van der Waals surface area (Å²) in [6.07, 6.45) is 2.96. The molecule has 3 N–H and O–H groups in total. The number of carbonyl (C=O) groups is 1. The minimum atomic E-state index is -0.116. The summed E-state index contributed by atoms with van der Waals surface area (Å²) in [6, 6.07) is 9.94. The van der Waals surface area contributed by atoms with Crippen LogP contribution in [0.15, 0.2) is 36.7 Å². The molecular formula is C22H26N6O2. The molecule has 8 heteroatoms. The predicted octanol–water partition coefficient (Wildman–Crippen LogP) is 3.44. The molecule has 1 saturated heterocycles. The number of pyridine rings is 1. The van der Waals surface area contributed by atoms with E-state index in [1.54, 1.807) is 0 Å². The molecular weight excluding hydrogens is 380 g/mol. The number of esters is 1. The number of ether oxygens (including phenoxy) is 1. The molecule has 30 heavy (non-hydrogen) atoms. The Morgan fingerprint density at radius 3 is 2.80 bits per heavy atom. The Bertz CT molecular complexity index is 1060. The van der Waals surface area contributed by atoms with Crippen LogP contribution in [0.3, 0.4) is 0 Å². The van der Waals surface area contributed by atoms with Crippen molar-refractivity contribution in [2.45, 2.75) is 26.7 Å². The standard InChI is InChI=1S/C22H26N6O2/c1-3-30-22(29)15-9-11-28(12-10-15)21-19(23)20(24-13-25-21)27-18-6-4-5-17-16(18)8-7-14(2)26-17/h4-8,13,15H,3,9-12,23H2,1-2H3,(H,24,25,27). The molecule has 0 spiro atoms. The number of hydrogen-bond donors (Lipinski definition) is 2. The van der Waals surface area contributed by atoms with Crippen molar-refractivity contribution in [1.82, 2.24) is 15.0 Å². The van der Waals surface area contributed by atoms with Crippen LogP contribution in [0.1, 0.15) is 25.5 Å². The van der Waals surface area contributed by atoms with Gasteiger partial charge in [-0.1, -0.05) is 6.07 Å². The lowest BCUT2D eigenvalue weighted by molar-refractivity contribution is -0.148. The zero-order valence-electron chi connectivity index (χ0n) is 17.3. The van der Waals surface area contributed by atoms with Crippen LogP contribution in [-0.2, 0) is 9.53 Å². The van der Waals surface area contributed by atoms with E-state index >= 15 is 0 Å². The number of carbonyl (C=O) groups excluding carboxylic acids is 1. The first-order chi connectivity index (χ1) is 14.6. The van der Waals surface area contributed by atoms with Crippen LogP contribution < -0.4 is 16.0 Å². The fourth-order valence-electron chi connectivity index (χ4n) is 3.82. The van der Waals surface area contributed by atoms with Crippen LogP contribution in [0, 0.1) is 12.8 Å². The summed E-state index contributed by atoms with van der Waals surface area (Å²) in [7, 11) is 0. The van der Waals surface area contributed by atoms with Crippen LogP contribution in [0.2, 0.25) is 0 Å². The average molecular weight is 406 g/mol. The first kappa shape index (κ1) is 19.9. The molecule has 3 heterocycles. The lowest BCUT2D eigenvalue weighted by atomic mass is 9.97. The third kappa shape index (κ3) is 3.98. The SMILES string of the molecule is CCOC(=O)C1CCN(c2ncnc(Nc3cccc4nc(C)ccc34)c2N)CC1. The Morgan fingerprint density at radius 2 is 2.03 bits per heavy atom. The van der Waals surface area contributed by atoms with E-state index in [-0.39, 0.29) is 11.9 Å². The van der Waals surface area contributed by atoms with Crippen LogP contribution in [0.25, 0.3) is 10.9 Å². The number of aryl methyl sites for hydroxylation is 1. The molecule has 0 bridgehead atoms. The molecule has 1 aliphatic heterocycles. The molecule has 2 aromatic heterocycles. The van der Waals surface area contributed by atoms with Crippen molar-refractivity contribution in [3.63, 3.8) is 0 Å². The predicted molar refractivity (Wildman–Crippen MR) is 118 cm³/mol. The second-order valence-electron chi connectivity index (χ2n) is 7.42. The van der Waals surface area contributed by atoms with Gasteiger partial charge in [0.05, 0.1) is 18.0 Å². The minimum Gasteiger partial charge on any atom is -0.466 e. The molecule has 8 nitrogen and oxygen atoms in total. The van der Waals surface area contributed by atoms with Crippen molar-refractivity contribution < 1.29 is 9.53 Å². The number of nitrogens with zero attached hydrogens (tertiary/aromatic N) is 4. The van der Waals surface area contributed by atoms with Crippen molar-refractivity contribution in [2.24, 2.45) is 5.92 Å². The van der Waals surface area contributed by atoms with Crippen LogP contribution in [0.5, 0.6) is 0 Å². The molecule has 0 unspecified atom stereocenters. The van der Waals surface area contributed by atoms with E-state index in [2.05, 4.69) is 25.2 Å². The van der Waals surface area contributed by atoms with Crippen molar-refractivity contribution in [1.29, 1.82) is 0 Å². The van der Waals surface area contributed by atoms with E-state index in [9.17, 15) is 4.79 Å². The largest absolute Gasteiger partial charge is 0.466 e. The second-order valence-corrected chi connectivity index (χ2v) is 7.42. The number of nitrogens with two attached hydrogens (primary N) is 1. The van der Waals surface area contributed by atoms with Gasteiger partial charge in [0.15, 0.2) is 11.6 Å². The number of rotatable bonds is 5. The normalized spacial score (nSPS) is 14.7. The van der Waals surface area contributed by atoms with Crippen molar-refractivity contribution >= 4 is 39.9 Å². The minimum absolute atomic E-state index is 0.0616. The monoisotopic (exact) mass is 406 g/mol. The number of piperidine rings is 1. The van der Waals surface area contributed by atoms with Gasteiger partial charge in [0.2, 0.25) is 0 Å². The third-order valence-corrected chi connectivity index (χ3v) is 5.40. The van der Waals surface area contributed by atoms with Gasteiger partial charge in [-0.15, -0.1) is 0 Å². The summed E-state index contributed by atoms with van der Waals surface area (Å²) in [5, 5.41) is 4.34. The van der Waals surface area contributed by atoms with Crippen molar-refractivity contribution in [2.75, 3.05) is 35.6 Å². The van der Waals surface area contributed by atoms with Crippen molar-refractivity contribution in [3.05, 3.63) is 42.4 Å². The van der Waals surface area contributed by atoms with E-state index < -0.39 is 0 Å². The highest BCUT2D eigenvalue weighted by Crippen LogP contribution is 2.33. The molecule has 156 valence electrons. The van der Waals surface area contributed by atoms with Crippen LogP contribution in [-0.4, -0.2) is 40.6 Å². The first-order valence-electron chi connectivity index (χ1n) is 10.2. The maximum Gasteiger partial charge on any atom is 0.309 e. The molecule has 0 atom stereocenters. The second kappa shape index (κ2) is 8.52. The Morgan fingerprint density at radius 1 is 1.23 bits per heavy atom. The lowest BCUT2D eigenvalue weighted by Crippen LogP contribution is -2.37. The van der Waals surface area contributed by atoms with Gasteiger partial charge in [-0.2, -0.15) is 0 Å². The molecule has 0 radical (unpaired) electrons. The highest BCUT2D eigenvalue weighted by molar-refractivity contribution is 5.94. The van der Waals surface area contributed by atoms with Gasteiger partial charge in [-0.25, -0.2) is 9.97 Å². The quantitative estimate of drug-likeness (QED) is 0.621. The van der Waals surface area contributed by atoms with Gasteiger partial charge in [0.25, 0.3) is 0 Å². The summed E-state index contributed by atoms with van der Waals surface area (Å²) in [5.41, 5.74) is 9.69. The summed E-state index contributed by atoms with van der Waals surface area (Å²) in [6.45, 7) is 5.61. The van der Waals surface area contributed by atoms with E-state index in [0.717, 1.165) is 35.1 Å². The maximum atomic E-state index is 12.0. The number of benzene rings is 1. The molecule has 1 aliphatic rings. The highest BCUT2D eigenvalue weighted by atomic mass is 16.5. The van der Waals surface area contributed by atoms with Gasteiger partial charge in [0.1, 0.15) is 12.0 Å². The number of aromatic nitrogens is 3. The van der Waals surface area contributed by atoms with Gasteiger partial charge in [-0.05, 0) is 51.0 Å². The number of nitrogen functional groups attached to an aromatic ring is 1. The zero-order valence-corrected chi connectivity index (χ0v) is 17.3. The third-order valence-electron chi connectivity index (χ3n) is 5.40. The van der Waals surface area contributed by atoms with E-state index in [1.165, 1.54) is 6.33 Å². The maximum absolute atomic E-state index is 12.0. The molecule has 1 fully saturated rings. The molecule has 0 amide bonds. The summed E-state index contributed by atoms with van der Waals surface area (Å²) in [5.74, 6) is 1.06. The van der Waals surface area contributed by atoms with E-state index in [4.69, 9.17) is 10.5 Å². The smallest absolute Gasteiger partial charge is 0.309 e. The molecule has 0 aliphatic carbocycles. The fourth-order valence-corrected chi connectivity index (χ4v) is 3.82. The number of hydrogen-bond acceptors (Lipinski definition) is 8. The first-order valence-corrected chi connectivity index (χ1v) is 10.2.